The van der Waals surface area contributed by atoms with E-state index < -0.39 is 5.97 Å². The highest BCUT2D eigenvalue weighted by Gasteiger charge is 2.09. The van der Waals surface area contributed by atoms with E-state index in [1.54, 1.807) is 14.0 Å². The largest absolute Gasteiger partial charge is 0.481 e. The first-order chi connectivity index (χ1) is 7.11. The molecule has 0 radical (unpaired) electrons. The van der Waals surface area contributed by atoms with Crippen molar-refractivity contribution in [1.82, 2.24) is 10.6 Å². The van der Waals surface area contributed by atoms with E-state index in [0.717, 1.165) is 25.5 Å². The van der Waals surface area contributed by atoms with Crippen LogP contribution in [0.15, 0.2) is 4.99 Å². The fourth-order valence-electron chi connectivity index (χ4n) is 1.13. The van der Waals surface area contributed by atoms with Gasteiger partial charge in [-0.2, -0.15) is 0 Å². The van der Waals surface area contributed by atoms with Gasteiger partial charge in [-0.1, -0.05) is 6.92 Å². The molecule has 0 bridgehead atoms. The fraction of sp³-hybridized carbons (Fsp3) is 0.800. The van der Waals surface area contributed by atoms with Gasteiger partial charge in [-0.05, 0) is 19.8 Å². The zero-order valence-corrected chi connectivity index (χ0v) is 9.71. The summed E-state index contributed by atoms with van der Waals surface area (Å²) in [6.07, 6.45) is 1.52. The van der Waals surface area contributed by atoms with Crippen molar-refractivity contribution in [3.8, 4) is 0 Å². The van der Waals surface area contributed by atoms with Crippen LogP contribution >= 0.6 is 0 Å². The monoisotopic (exact) mass is 215 g/mol. The Kier molecular flexibility index (Phi) is 7.40. The minimum atomic E-state index is -0.730. The van der Waals surface area contributed by atoms with Crippen molar-refractivity contribution in [2.75, 3.05) is 20.1 Å². The summed E-state index contributed by atoms with van der Waals surface area (Å²) >= 11 is 0. The summed E-state index contributed by atoms with van der Waals surface area (Å²) in [6.45, 7) is 5.29. The van der Waals surface area contributed by atoms with Crippen molar-refractivity contribution in [3.63, 3.8) is 0 Å². The van der Waals surface area contributed by atoms with E-state index in [0.29, 0.717) is 6.42 Å². The molecule has 0 saturated carbocycles. The standard InChI is InChI=1S/C10H21N3O2/c1-4-12-10(11-3)13-7-5-6-8(2)9(14)15/h8H,4-7H2,1-3H3,(H,14,15)(H2,11,12,13)/t8-/m0/s1. The molecule has 0 rings (SSSR count). The van der Waals surface area contributed by atoms with Gasteiger partial charge in [-0.15, -0.1) is 0 Å². The molecular weight excluding hydrogens is 194 g/mol. The van der Waals surface area contributed by atoms with E-state index in [-0.39, 0.29) is 5.92 Å². The molecule has 0 fully saturated rings. The Morgan fingerprint density at radius 2 is 2.13 bits per heavy atom. The molecule has 0 aromatic rings. The van der Waals surface area contributed by atoms with E-state index in [9.17, 15) is 4.79 Å². The lowest BCUT2D eigenvalue weighted by molar-refractivity contribution is -0.141. The molecule has 0 unspecified atom stereocenters. The van der Waals surface area contributed by atoms with Crippen molar-refractivity contribution in [2.45, 2.75) is 26.7 Å². The number of guanidine groups is 1. The maximum absolute atomic E-state index is 10.5. The molecule has 88 valence electrons. The normalized spacial score (nSPS) is 13.4. The van der Waals surface area contributed by atoms with Gasteiger partial charge in [-0.3, -0.25) is 9.79 Å². The number of aliphatic carboxylic acids is 1. The lowest BCUT2D eigenvalue weighted by Crippen LogP contribution is -2.37. The molecule has 0 saturated heterocycles. The Morgan fingerprint density at radius 1 is 1.47 bits per heavy atom. The third-order valence-electron chi connectivity index (χ3n) is 2.10. The predicted octanol–water partition coefficient (Wildman–Crippen LogP) is 0.672. The molecule has 5 heteroatoms. The Balaban J connectivity index is 3.57. The number of aliphatic imine (C=N–C) groups is 1. The van der Waals surface area contributed by atoms with Crippen molar-refractivity contribution in [2.24, 2.45) is 10.9 Å². The molecule has 0 heterocycles. The lowest BCUT2D eigenvalue weighted by Gasteiger charge is -2.10. The summed E-state index contributed by atoms with van der Waals surface area (Å²) in [4.78, 5) is 14.5. The van der Waals surface area contributed by atoms with Crippen molar-refractivity contribution in [3.05, 3.63) is 0 Å². The highest BCUT2D eigenvalue weighted by atomic mass is 16.4. The van der Waals surface area contributed by atoms with E-state index in [1.165, 1.54) is 0 Å². The fourth-order valence-corrected chi connectivity index (χ4v) is 1.13. The third-order valence-corrected chi connectivity index (χ3v) is 2.10. The molecule has 5 nitrogen and oxygen atoms in total. The first-order valence-electron chi connectivity index (χ1n) is 5.29. The number of nitrogens with one attached hydrogen (secondary N) is 2. The molecule has 0 amide bonds. The number of carbonyl (C=O) groups is 1. The molecule has 0 aromatic heterocycles. The molecule has 0 aromatic carbocycles. The Hall–Kier alpha value is -1.26. The van der Waals surface area contributed by atoms with Crippen LogP contribution in [-0.4, -0.2) is 37.2 Å². The zero-order chi connectivity index (χ0) is 11.7. The number of hydrogen-bond donors (Lipinski definition) is 3. The van der Waals surface area contributed by atoms with Crippen LogP contribution in [0.1, 0.15) is 26.7 Å². The average molecular weight is 215 g/mol. The van der Waals surface area contributed by atoms with Gasteiger partial charge < -0.3 is 15.7 Å². The van der Waals surface area contributed by atoms with Gasteiger partial charge in [0, 0.05) is 20.1 Å². The SMILES string of the molecule is CCNC(=NC)NCCC[C@H](C)C(=O)O. The number of carboxylic acids is 1. The van der Waals surface area contributed by atoms with Crippen LogP contribution in [0.2, 0.25) is 0 Å². The van der Waals surface area contributed by atoms with Crippen molar-refractivity contribution >= 4 is 11.9 Å². The second-order valence-corrected chi connectivity index (χ2v) is 3.41. The predicted molar refractivity (Wildman–Crippen MR) is 61.1 cm³/mol. The van der Waals surface area contributed by atoms with Crippen LogP contribution in [0.25, 0.3) is 0 Å². The van der Waals surface area contributed by atoms with Gasteiger partial charge in [0.2, 0.25) is 0 Å². The Morgan fingerprint density at radius 3 is 2.60 bits per heavy atom. The minimum absolute atomic E-state index is 0.270. The van der Waals surface area contributed by atoms with Crippen LogP contribution < -0.4 is 10.6 Å². The van der Waals surface area contributed by atoms with Crippen LogP contribution in [0.4, 0.5) is 0 Å². The molecule has 15 heavy (non-hydrogen) atoms. The quantitative estimate of drug-likeness (QED) is 0.346. The second-order valence-electron chi connectivity index (χ2n) is 3.41. The van der Waals surface area contributed by atoms with Crippen LogP contribution in [0, 0.1) is 5.92 Å². The summed E-state index contributed by atoms with van der Waals surface area (Å²) in [5.41, 5.74) is 0. The summed E-state index contributed by atoms with van der Waals surface area (Å²) in [6, 6.07) is 0. The van der Waals surface area contributed by atoms with E-state index >= 15 is 0 Å². The van der Waals surface area contributed by atoms with Crippen molar-refractivity contribution in [1.29, 1.82) is 0 Å². The summed E-state index contributed by atoms with van der Waals surface area (Å²) in [7, 11) is 1.71. The van der Waals surface area contributed by atoms with E-state index in [1.807, 2.05) is 6.92 Å². The summed E-state index contributed by atoms with van der Waals surface area (Å²) < 4.78 is 0. The summed E-state index contributed by atoms with van der Waals surface area (Å²) in [5.74, 6) is -0.237. The van der Waals surface area contributed by atoms with E-state index in [2.05, 4.69) is 15.6 Å². The van der Waals surface area contributed by atoms with Crippen LogP contribution in [-0.2, 0) is 4.79 Å². The van der Waals surface area contributed by atoms with Gasteiger partial charge in [0.05, 0.1) is 5.92 Å². The number of nitrogens with zero attached hydrogens (tertiary/aromatic N) is 1. The average Bonchev–Trinajstić information content (AvgIpc) is 2.22. The topological polar surface area (TPSA) is 73.7 Å². The van der Waals surface area contributed by atoms with Gasteiger partial charge >= 0.3 is 5.97 Å². The van der Waals surface area contributed by atoms with E-state index in [4.69, 9.17) is 5.11 Å². The van der Waals surface area contributed by atoms with Gasteiger partial charge in [0.15, 0.2) is 5.96 Å². The number of rotatable bonds is 6. The zero-order valence-electron chi connectivity index (χ0n) is 9.71. The number of hydrogen-bond acceptors (Lipinski definition) is 2. The second kappa shape index (κ2) is 8.08. The molecule has 3 N–H and O–H groups in total. The molecular formula is C10H21N3O2. The summed E-state index contributed by atoms with van der Waals surface area (Å²) in [5, 5.41) is 14.8. The van der Waals surface area contributed by atoms with Crippen LogP contribution in [0.3, 0.4) is 0 Å². The van der Waals surface area contributed by atoms with Gasteiger partial charge in [0.25, 0.3) is 0 Å². The first-order valence-corrected chi connectivity index (χ1v) is 5.29. The maximum atomic E-state index is 10.5. The Bertz CT molecular complexity index is 217. The van der Waals surface area contributed by atoms with Crippen molar-refractivity contribution < 1.29 is 9.90 Å². The molecule has 0 aliphatic heterocycles. The van der Waals surface area contributed by atoms with Crippen LogP contribution in [0.5, 0.6) is 0 Å². The smallest absolute Gasteiger partial charge is 0.306 e. The lowest BCUT2D eigenvalue weighted by atomic mass is 10.1. The highest BCUT2D eigenvalue weighted by molar-refractivity contribution is 5.79. The molecule has 0 spiro atoms. The maximum Gasteiger partial charge on any atom is 0.306 e. The van der Waals surface area contributed by atoms with Gasteiger partial charge in [0.1, 0.15) is 0 Å². The molecule has 1 atom stereocenters. The molecule has 0 aliphatic rings. The third kappa shape index (κ3) is 6.76. The minimum Gasteiger partial charge on any atom is -0.481 e. The number of carboxylic acid groups (broad SMARTS) is 1. The molecule has 0 aliphatic carbocycles. The Labute approximate surface area is 91.0 Å². The highest BCUT2D eigenvalue weighted by Crippen LogP contribution is 2.03. The van der Waals surface area contributed by atoms with Gasteiger partial charge in [-0.25, -0.2) is 0 Å². The first kappa shape index (κ1) is 13.7.